The van der Waals surface area contributed by atoms with Gasteiger partial charge in [0.15, 0.2) is 11.5 Å². The van der Waals surface area contributed by atoms with E-state index in [1.807, 2.05) is 12.1 Å². The van der Waals surface area contributed by atoms with Gasteiger partial charge in [-0.15, -0.1) is 0 Å². The molecule has 3 aliphatic rings. The number of ether oxygens (including phenoxy) is 3. The fourth-order valence-corrected chi connectivity index (χ4v) is 4.31. The average Bonchev–Trinajstić information content (AvgIpc) is 3.18. The fraction of sp³-hybridized carbons (Fsp3) is 0.409. The molecule has 2 aromatic carbocycles. The van der Waals surface area contributed by atoms with E-state index in [0.29, 0.717) is 24.0 Å². The largest absolute Gasteiger partial charge is 0.464 e. The third kappa shape index (κ3) is 4.06. The summed E-state index contributed by atoms with van der Waals surface area (Å²) in [5.74, 6) is 2.30. The zero-order chi connectivity index (χ0) is 19.8. The summed E-state index contributed by atoms with van der Waals surface area (Å²) in [7, 11) is 0. The van der Waals surface area contributed by atoms with Gasteiger partial charge < -0.3 is 19.3 Å². The van der Waals surface area contributed by atoms with Crippen LogP contribution >= 0.6 is 11.6 Å². The van der Waals surface area contributed by atoms with Gasteiger partial charge in [-0.25, -0.2) is 0 Å². The van der Waals surface area contributed by atoms with E-state index in [0.717, 1.165) is 55.3 Å². The Bertz CT molecular complexity index is 940. The Morgan fingerprint density at radius 2 is 1.83 bits per heavy atom. The van der Waals surface area contributed by atoms with Crippen LogP contribution in [0.3, 0.4) is 0 Å². The summed E-state index contributed by atoms with van der Waals surface area (Å²) in [5.41, 5.74) is 3.01. The van der Waals surface area contributed by atoms with Crippen molar-refractivity contribution in [3.05, 3.63) is 52.5 Å². The van der Waals surface area contributed by atoms with Crippen molar-refractivity contribution in [1.82, 2.24) is 4.90 Å². The second-order valence-corrected chi connectivity index (χ2v) is 8.12. The normalized spacial score (nSPS) is 23.1. The third-order valence-corrected chi connectivity index (χ3v) is 5.86. The Morgan fingerprint density at radius 3 is 2.69 bits per heavy atom. The van der Waals surface area contributed by atoms with E-state index >= 15 is 0 Å². The molecule has 1 unspecified atom stereocenters. The van der Waals surface area contributed by atoms with Gasteiger partial charge in [-0.05, 0) is 48.7 Å². The minimum absolute atomic E-state index is 0.245. The van der Waals surface area contributed by atoms with Crippen molar-refractivity contribution in [3.63, 3.8) is 0 Å². The smallest absolute Gasteiger partial charge is 0.231 e. The molecule has 0 aromatic heterocycles. The van der Waals surface area contributed by atoms with Crippen molar-refractivity contribution in [2.75, 3.05) is 19.9 Å². The summed E-state index contributed by atoms with van der Waals surface area (Å²) >= 11 is 6.16. The highest BCUT2D eigenvalue weighted by Crippen LogP contribution is 2.33. The lowest BCUT2D eigenvalue weighted by molar-refractivity contribution is -0.0142. The van der Waals surface area contributed by atoms with E-state index in [2.05, 4.69) is 17.0 Å². The molecule has 152 valence electrons. The zero-order valence-electron chi connectivity index (χ0n) is 16.0. The molecule has 6 nitrogen and oxygen atoms in total. The molecule has 3 aliphatic heterocycles. The highest BCUT2D eigenvalue weighted by molar-refractivity contribution is 6.31. The van der Waals surface area contributed by atoms with Gasteiger partial charge in [-0.2, -0.15) is 0 Å². The Kier molecular flexibility index (Phi) is 5.08. The number of halogens is 1. The molecule has 3 heterocycles. The van der Waals surface area contributed by atoms with Crippen LogP contribution in [-0.4, -0.2) is 47.9 Å². The van der Waals surface area contributed by atoms with E-state index < -0.39 is 6.29 Å². The van der Waals surface area contributed by atoms with Crippen molar-refractivity contribution in [2.45, 2.75) is 38.1 Å². The maximum Gasteiger partial charge on any atom is 0.231 e. The van der Waals surface area contributed by atoms with E-state index in [4.69, 9.17) is 30.8 Å². The molecule has 0 amide bonds. The van der Waals surface area contributed by atoms with Crippen LogP contribution in [0.2, 0.25) is 5.02 Å². The van der Waals surface area contributed by atoms with Crippen molar-refractivity contribution in [1.29, 1.82) is 0 Å². The molecule has 1 atom stereocenters. The number of piperidine rings is 1. The molecule has 7 heteroatoms. The molecule has 1 N–H and O–H groups in total. The first-order chi connectivity index (χ1) is 14.1. The number of hydrogen-bond donors (Lipinski definition) is 1. The number of hydrogen-bond acceptors (Lipinski definition) is 6. The van der Waals surface area contributed by atoms with Crippen molar-refractivity contribution < 1.29 is 19.3 Å². The Balaban J connectivity index is 1.24. The van der Waals surface area contributed by atoms with E-state index in [1.165, 1.54) is 5.56 Å². The number of aliphatic hydroxyl groups excluding tert-OH is 1. The monoisotopic (exact) mass is 414 g/mol. The summed E-state index contributed by atoms with van der Waals surface area (Å²) in [4.78, 5) is 7.41. The van der Waals surface area contributed by atoms with Crippen LogP contribution in [0.4, 0.5) is 0 Å². The molecular formula is C22H23ClN2O4. The lowest BCUT2D eigenvalue weighted by atomic mass is 10.0. The Morgan fingerprint density at radius 1 is 1.03 bits per heavy atom. The molecular weight excluding hydrogens is 392 g/mol. The molecule has 0 spiro atoms. The topological polar surface area (TPSA) is 63.5 Å². The zero-order valence-corrected chi connectivity index (χ0v) is 16.8. The van der Waals surface area contributed by atoms with Gasteiger partial charge in [-0.3, -0.25) is 9.89 Å². The van der Waals surface area contributed by atoms with Crippen LogP contribution in [0.15, 0.2) is 41.4 Å². The van der Waals surface area contributed by atoms with Gasteiger partial charge >= 0.3 is 0 Å². The summed E-state index contributed by atoms with van der Waals surface area (Å²) < 4.78 is 16.4. The van der Waals surface area contributed by atoms with Crippen molar-refractivity contribution in [3.8, 4) is 17.2 Å². The molecule has 0 radical (unpaired) electrons. The summed E-state index contributed by atoms with van der Waals surface area (Å²) in [6.45, 7) is 3.16. The predicted octanol–water partition coefficient (Wildman–Crippen LogP) is 3.62. The van der Waals surface area contributed by atoms with Gasteiger partial charge in [0, 0.05) is 30.2 Å². The summed E-state index contributed by atoms with van der Waals surface area (Å²) in [6.07, 6.45) is 1.51. The van der Waals surface area contributed by atoms with Crippen LogP contribution < -0.4 is 14.2 Å². The quantitative estimate of drug-likeness (QED) is 0.831. The Hall–Kier alpha value is -2.28. The summed E-state index contributed by atoms with van der Waals surface area (Å²) in [6, 6.07) is 11.8. The minimum Gasteiger partial charge on any atom is -0.464 e. The van der Waals surface area contributed by atoms with Gasteiger partial charge in [0.2, 0.25) is 13.1 Å². The lowest BCUT2D eigenvalue weighted by Gasteiger charge is -2.31. The third-order valence-electron chi connectivity index (χ3n) is 5.62. The van der Waals surface area contributed by atoms with Crippen LogP contribution in [-0.2, 0) is 6.54 Å². The first-order valence-electron chi connectivity index (χ1n) is 9.96. The van der Waals surface area contributed by atoms with Crippen molar-refractivity contribution >= 4 is 17.3 Å². The second-order valence-electron chi connectivity index (χ2n) is 7.69. The Labute approximate surface area is 174 Å². The number of likely N-dealkylation sites (tertiary alicyclic amines) is 1. The minimum atomic E-state index is -0.853. The molecule has 5 rings (SSSR count). The molecule has 29 heavy (non-hydrogen) atoms. The predicted molar refractivity (Wildman–Crippen MR) is 110 cm³/mol. The maximum atomic E-state index is 10.0. The van der Waals surface area contributed by atoms with Gasteiger partial charge in [0.25, 0.3) is 0 Å². The number of aliphatic hydroxyl groups is 1. The summed E-state index contributed by atoms with van der Waals surface area (Å²) in [5, 5.41) is 10.7. The van der Waals surface area contributed by atoms with Gasteiger partial charge in [0.05, 0.1) is 18.2 Å². The van der Waals surface area contributed by atoms with Crippen LogP contribution in [0.5, 0.6) is 17.2 Å². The number of nitrogens with zero attached hydrogens (tertiary/aromatic N) is 2. The highest BCUT2D eigenvalue weighted by Gasteiger charge is 2.26. The van der Waals surface area contributed by atoms with E-state index in [1.54, 1.807) is 12.1 Å². The highest BCUT2D eigenvalue weighted by atomic mass is 35.5. The number of fused-ring (bicyclic) bond motifs is 2. The SMILES string of the molecule is OC1CC(=NC2CCN(Cc3ccc4c(c3)OCO4)CC2)c2cc(Cl)ccc2O1. The number of benzene rings is 2. The van der Waals surface area contributed by atoms with E-state index in [-0.39, 0.29) is 6.04 Å². The van der Waals surface area contributed by atoms with Crippen LogP contribution in [0.1, 0.15) is 30.4 Å². The first-order valence-corrected chi connectivity index (χ1v) is 10.3. The average molecular weight is 415 g/mol. The van der Waals surface area contributed by atoms with Crippen LogP contribution in [0.25, 0.3) is 0 Å². The lowest BCUT2D eigenvalue weighted by Crippen LogP contribution is -2.36. The molecule has 0 bridgehead atoms. The molecule has 0 aliphatic carbocycles. The van der Waals surface area contributed by atoms with Gasteiger partial charge in [-0.1, -0.05) is 17.7 Å². The fourth-order valence-electron chi connectivity index (χ4n) is 4.14. The molecule has 2 aromatic rings. The van der Waals surface area contributed by atoms with Crippen molar-refractivity contribution in [2.24, 2.45) is 4.99 Å². The second kappa shape index (κ2) is 7.86. The van der Waals surface area contributed by atoms with Gasteiger partial charge in [0.1, 0.15) is 5.75 Å². The van der Waals surface area contributed by atoms with E-state index in [9.17, 15) is 5.11 Å². The molecule has 1 saturated heterocycles. The first kappa shape index (κ1) is 18.7. The molecule has 0 saturated carbocycles. The number of aliphatic imine (C=N–C) groups is 1. The number of rotatable bonds is 3. The maximum absolute atomic E-state index is 10.0. The van der Waals surface area contributed by atoms with Crippen LogP contribution in [0, 0.1) is 0 Å². The molecule has 1 fully saturated rings. The standard InChI is InChI=1S/C22H23ClN2O4/c23-15-2-4-19-17(10-15)18(11-22(26)29-19)24-16-5-7-25(8-6-16)12-14-1-3-20-21(9-14)28-13-27-20/h1-4,9-10,16,22,26H,5-8,11-13H2.